The average Bonchev–Trinajstić information content (AvgIpc) is 3.28. The molecule has 1 aliphatic carbocycles. The van der Waals surface area contributed by atoms with Gasteiger partial charge in [-0.3, -0.25) is 14.4 Å². The highest BCUT2D eigenvalue weighted by Gasteiger charge is 2.57. The molecule has 0 amide bonds. The first kappa shape index (κ1) is 44.2. The van der Waals surface area contributed by atoms with E-state index in [1.165, 1.54) is 0 Å². The fraction of sp³-hybridized carbons (Fsp3) is 0.171. The maximum Gasteiger partial charge on any atom is 0.340 e. The molecule has 0 spiro atoms. The molecule has 0 radical (unpaired) electrons. The number of benzene rings is 4. The summed E-state index contributed by atoms with van der Waals surface area (Å²) in [6.07, 6.45) is -12.2. The summed E-state index contributed by atoms with van der Waals surface area (Å²) in [5.41, 5.74) is -8.77. The number of ketones is 3. The highest BCUT2D eigenvalue weighted by atomic mass is 16.7. The number of ether oxygens (including phenoxy) is 6. The van der Waals surface area contributed by atoms with E-state index >= 15 is 0 Å². The van der Waals surface area contributed by atoms with Gasteiger partial charge in [-0.05, 0) is 30.3 Å². The lowest BCUT2D eigenvalue weighted by Gasteiger charge is -2.44. The van der Waals surface area contributed by atoms with Crippen molar-refractivity contribution in [2.45, 2.75) is 36.6 Å². The SMILES string of the molecule is O=C1C=C2C(=O)OC3C(OC(=O)c4cc(O)c(O)c(O)c4)OC4COC(=O)c5cc(O)c(O)c(O)c5-c5c(cc(O)c(O)c5O)C(=O)OC3C4OC(=O)c3cc(O)c(O)c(O)c3C2C(=O)C1=O. The number of fused-ring (bicyclic) bond motifs is 6. The summed E-state index contributed by atoms with van der Waals surface area (Å²) >= 11 is 0. The zero-order valence-corrected chi connectivity index (χ0v) is 32.7. The van der Waals surface area contributed by atoms with Crippen molar-refractivity contribution >= 4 is 47.2 Å². The molecule has 4 aromatic rings. The fourth-order valence-electron chi connectivity index (χ4n) is 7.59. The normalized spacial score (nSPS) is 22.6. The van der Waals surface area contributed by atoms with Gasteiger partial charge in [-0.25, -0.2) is 24.0 Å². The molecule has 1 saturated heterocycles. The second kappa shape index (κ2) is 15.7. The van der Waals surface area contributed by atoms with Crippen LogP contribution < -0.4 is 0 Å². The van der Waals surface area contributed by atoms with Crippen LogP contribution in [0.1, 0.15) is 52.9 Å². The topological polar surface area (TPSA) is 435 Å². The van der Waals surface area contributed by atoms with E-state index in [1.807, 2.05) is 0 Å². The molecule has 8 rings (SSSR count). The van der Waals surface area contributed by atoms with Crippen LogP contribution >= 0.6 is 0 Å². The first-order valence-electron chi connectivity index (χ1n) is 18.6. The van der Waals surface area contributed by atoms with Gasteiger partial charge in [0.15, 0.2) is 64.0 Å². The lowest BCUT2D eigenvalue weighted by molar-refractivity contribution is -0.287. The van der Waals surface area contributed by atoms with Gasteiger partial charge in [-0.15, -0.1) is 0 Å². The maximum atomic E-state index is 14.6. The molecule has 6 atom stereocenters. The Morgan fingerprint density at radius 1 is 0.522 bits per heavy atom. The van der Waals surface area contributed by atoms with E-state index in [0.717, 1.165) is 0 Å². The summed E-state index contributed by atoms with van der Waals surface area (Å²) < 4.78 is 33.5. The minimum atomic E-state index is -2.63. The number of cyclic esters (lactones) is 1. The Hall–Kier alpha value is -9.46. The van der Waals surface area contributed by atoms with Crippen molar-refractivity contribution in [3.05, 3.63) is 69.8 Å². The Balaban J connectivity index is 1.39. The van der Waals surface area contributed by atoms with Crippen molar-refractivity contribution in [3.63, 3.8) is 0 Å². The van der Waals surface area contributed by atoms with Crippen LogP contribution in [0.5, 0.6) is 69.0 Å². The molecule has 0 saturated carbocycles. The van der Waals surface area contributed by atoms with Gasteiger partial charge in [0.25, 0.3) is 5.78 Å². The lowest BCUT2D eigenvalue weighted by atomic mass is 9.78. The van der Waals surface area contributed by atoms with Gasteiger partial charge in [-0.2, -0.15) is 0 Å². The Bertz CT molecular complexity index is 3000. The first-order valence-corrected chi connectivity index (χ1v) is 18.6. The second-order valence-corrected chi connectivity index (χ2v) is 14.7. The summed E-state index contributed by atoms with van der Waals surface area (Å²) in [6.45, 7) is -1.31. The Labute approximate surface area is 368 Å². The monoisotopic (exact) mass is 934 g/mol. The molecule has 4 aromatic carbocycles. The number of rotatable bonds is 2. The minimum absolute atomic E-state index is 0.206. The molecule has 12 N–H and O–H groups in total. The van der Waals surface area contributed by atoms with E-state index in [0.29, 0.717) is 30.3 Å². The first-order chi connectivity index (χ1) is 31.5. The number of Topliss-reactive ketones (excluding diaryl/α,β-unsaturated/α-hetero) is 2. The highest BCUT2D eigenvalue weighted by Crippen LogP contribution is 2.53. The van der Waals surface area contributed by atoms with Gasteiger partial charge in [0.2, 0.25) is 41.2 Å². The molecule has 4 bridgehead atoms. The number of hydrogen-bond donors (Lipinski definition) is 12. The standard InChI is InChI=1S/C41H26O26/c42-13-1-8(2-14(43)24(13)48)36(57)67-41-35-34-33(64-38(59)10-4-16(45)27(51)31(55)22(10)23-12(40(61)66-35)6-18(47)28(52)32(23)56)19(63-41)7-62-37(58)9-3-15(44)25(49)29(53)20(9)21-11(39(60)65-34)5-17(46)26(50)30(21)54/h1-6,19,23,33-35,41-46,48-51,53-55H,7H2. The van der Waals surface area contributed by atoms with Gasteiger partial charge in [0.1, 0.15) is 12.7 Å². The molecule has 4 aliphatic rings. The van der Waals surface area contributed by atoms with Crippen molar-refractivity contribution in [3.8, 4) is 80.1 Å². The summed E-state index contributed by atoms with van der Waals surface area (Å²) in [5.74, 6) is -32.8. The molecule has 67 heavy (non-hydrogen) atoms. The van der Waals surface area contributed by atoms with Crippen LogP contribution in [0.3, 0.4) is 0 Å². The zero-order valence-electron chi connectivity index (χ0n) is 32.7. The number of allylic oxidation sites excluding steroid dienone is 1. The molecule has 0 aromatic heterocycles. The molecule has 6 unspecified atom stereocenters. The molecular formula is C41H26O26. The Morgan fingerprint density at radius 2 is 1.00 bits per heavy atom. The van der Waals surface area contributed by atoms with E-state index in [-0.39, 0.29) is 6.08 Å². The van der Waals surface area contributed by atoms with Crippen LogP contribution in [0.4, 0.5) is 0 Å². The van der Waals surface area contributed by atoms with Crippen LogP contribution in [0, 0.1) is 0 Å². The van der Waals surface area contributed by atoms with E-state index in [1.54, 1.807) is 0 Å². The average molecular weight is 935 g/mol. The van der Waals surface area contributed by atoms with Crippen LogP contribution in [-0.2, 0) is 47.6 Å². The fourth-order valence-corrected chi connectivity index (χ4v) is 7.59. The number of phenolic OH excluding ortho intramolecular Hbond substituents is 12. The van der Waals surface area contributed by atoms with E-state index in [4.69, 9.17) is 28.4 Å². The summed E-state index contributed by atoms with van der Waals surface area (Å²) in [5, 5.41) is 126. The summed E-state index contributed by atoms with van der Waals surface area (Å²) in [7, 11) is 0. The number of esters is 5. The number of carbonyl (C=O) groups excluding carboxylic acids is 8. The van der Waals surface area contributed by atoms with E-state index in [9.17, 15) is 99.6 Å². The predicted octanol–water partition coefficient (Wildman–Crippen LogP) is -0.0196. The molecule has 26 heteroatoms. The number of phenols is 12. The second-order valence-electron chi connectivity index (χ2n) is 14.7. The third kappa shape index (κ3) is 6.95. The van der Waals surface area contributed by atoms with Crippen LogP contribution in [0.25, 0.3) is 11.1 Å². The molecular weight excluding hydrogens is 908 g/mol. The molecule has 346 valence electrons. The minimum Gasteiger partial charge on any atom is -0.504 e. The highest BCUT2D eigenvalue weighted by molar-refractivity contribution is 6.69. The van der Waals surface area contributed by atoms with Gasteiger partial charge in [0.05, 0.1) is 33.7 Å². The van der Waals surface area contributed by atoms with Crippen LogP contribution in [0.2, 0.25) is 0 Å². The van der Waals surface area contributed by atoms with Gasteiger partial charge < -0.3 is 89.7 Å². The summed E-state index contributed by atoms with van der Waals surface area (Å²) in [4.78, 5) is 110. The third-order valence-electron chi connectivity index (χ3n) is 10.8. The Kier molecular flexibility index (Phi) is 10.3. The van der Waals surface area contributed by atoms with Crippen LogP contribution in [0.15, 0.2) is 42.0 Å². The zero-order chi connectivity index (χ0) is 48.8. The van der Waals surface area contributed by atoms with Crippen molar-refractivity contribution in [1.82, 2.24) is 0 Å². The number of carbonyl (C=O) groups is 8. The molecule has 3 heterocycles. The quantitative estimate of drug-likeness (QED) is 0.0544. The van der Waals surface area contributed by atoms with Gasteiger partial charge in [0, 0.05) is 22.8 Å². The molecule has 1 fully saturated rings. The van der Waals surface area contributed by atoms with E-state index in [2.05, 4.69) is 0 Å². The third-order valence-corrected chi connectivity index (χ3v) is 10.8. The van der Waals surface area contributed by atoms with Crippen molar-refractivity contribution in [1.29, 1.82) is 0 Å². The molecule has 26 nitrogen and oxygen atoms in total. The van der Waals surface area contributed by atoms with Gasteiger partial charge in [-0.1, -0.05) is 0 Å². The van der Waals surface area contributed by atoms with Crippen LogP contribution in [-0.4, -0.2) is 146 Å². The van der Waals surface area contributed by atoms with Crippen molar-refractivity contribution < 1.29 is 128 Å². The largest absolute Gasteiger partial charge is 0.504 e. The predicted molar refractivity (Wildman–Crippen MR) is 203 cm³/mol. The number of aromatic hydroxyl groups is 12. The lowest BCUT2D eigenvalue weighted by Crippen LogP contribution is -2.63. The van der Waals surface area contributed by atoms with Crippen molar-refractivity contribution in [2.24, 2.45) is 0 Å². The number of hydrogen-bond acceptors (Lipinski definition) is 26. The van der Waals surface area contributed by atoms with Crippen molar-refractivity contribution in [2.75, 3.05) is 6.61 Å². The summed E-state index contributed by atoms with van der Waals surface area (Å²) in [6, 6.07) is 2.24. The van der Waals surface area contributed by atoms with Gasteiger partial charge >= 0.3 is 29.8 Å². The molecule has 3 aliphatic heterocycles. The van der Waals surface area contributed by atoms with E-state index < -0.39 is 204 Å². The maximum absolute atomic E-state index is 14.6. The smallest absolute Gasteiger partial charge is 0.340 e. The Morgan fingerprint density at radius 3 is 1.58 bits per heavy atom.